The van der Waals surface area contributed by atoms with E-state index in [-0.39, 0.29) is 11.7 Å². The number of aromatic nitrogens is 1. The zero-order valence-electron chi connectivity index (χ0n) is 12.6. The zero-order chi connectivity index (χ0) is 16.6. The third kappa shape index (κ3) is 3.07. The Hall–Kier alpha value is -1.98. The maximum Gasteiger partial charge on any atom is 0.279 e. The summed E-state index contributed by atoms with van der Waals surface area (Å²) >= 11 is 7.53. The van der Waals surface area contributed by atoms with Crippen LogP contribution in [0.5, 0.6) is 0 Å². The molecule has 3 rings (SSSR count). The standard InChI is InChI=1S/C17H14ClFN2OS/c1-3-21-15-10(2)8-12(18)9-14(15)23-17(21)20-16(22)11-4-6-13(19)7-5-11/h4-9H,3H2,1-2H3. The van der Waals surface area contributed by atoms with Crippen molar-refractivity contribution in [1.29, 1.82) is 0 Å². The molecule has 118 valence electrons. The van der Waals surface area contributed by atoms with Gasteiger partial charge >= 0.3 is 0 Å². The van der Waals surface area contributed by atoms with E-state index in [1.165, 1.54) is 35.6 Å². The van der Waals surface area contributed by atoms with Gasteiger partial charge in [0.05, 0.1) is 10.2 Å². The molecule has 1 aromatic heterocycles. The molecule has 0 bridgehead atoms. The van der Waals surface area contributed by atoms with Crippen LogP contribution < -0.4 is 4.80 Å². The van der Waals surface area contributed by atoms with Crippen molar-refractivity contribution in [3.8, 4) is 0 Å². The van der Waals surface area contributed by atoms with Crippen LogP contribution in [0, 0.1) is 12.7 Å². The maximum atomic E-state index is 13.0. The van der Waals surface area contributed by atoms with E-state index in [1.807, 2.05) is 30.5 Å². The van der Waals surface area contributed by atoms with Crippen molar-refractivity contribution in [3.63, 3.8) is 0 Å². The summed E-state index contributed by atoms with van der Waals surface area (Å²) in [4.78, 5) is 17.1. The molecule has 0 saturated heterocycles. The summed E-state index contributed by atoms with van der Waals surface area (Å²) < 4.78 is 15.9. The van der Waals surface area contributed by atoms with Gasteiger partial charge in [-0.25, -0.2) is 4.39 Å². The van der Waals surface area contributed by atoms with Gasteiger partial charge in [-0.3, -0.25) is 4.79 Å². The summed E-state index contributed by atoms with van der Waals surface area (Å²) in [7, 11) is 0. The van der Waals surface area contributed by atoms with Crippen LogP contribution >= 0.6 is 22.9 Å². The molecular formula is C17H14ClFN2OS. The third-order valence-electron chi connectivity index (χ3n) is 3.54. The average molecular weight is 349 g/mol. The lowest BCUT2D eigenvalue weighted by atomic mass is 10.2. The SMILES string of the molecule is CCn1c(=NC(=O)c2ccc(F)cc2)sc2cc(Cl)cc(C)c21. The fraction of sp³-hybridized carbons (Fsp3) is 0.176. The molecule has 23 heavy (non-hydrogen) atoms. The Balaban J connectivity index is 2.17. The van der Waals surface area contributed by atoms with Crippen LogP contribution in [-0.2, 0) is 6.54 Å². The summed E-state index contributed by atoms with van der Waals surface area (Å²) in [6.45, 7) is 4.68. The molecule has 1 heterocycles. The summed E-state index contributed by atoms with van der Waals surface area (Å²) in [5.41, 5.74) is 2.44. The van der Waals surface area contributed by atoms with Gasteiger partial charge in [0, 0.05) is 17.1 Å². The van der Waals surface area contributed by atoms with Gasteiger partial charge < -0.3 is 4.57 Å². The van der Waals surface area contributed by atoms with Crippen molar-refractivity contribution in [2.45, 2.75) is 20.4 Å². The molecule has 1 amide bonds. The Labute approximate surface area is 141 Å². The topological polar surface area (TPSA) is 34.4 Å². The molecule has 2 aromatic carbocycles. The number of carbonyl (C=O) groups is 1. The summed E-state index contributed by atoms with van der Waals surface area (Å²) in [5, 5.41) is 0.663. The van der Waals surface area contributed by atoms with E-state index >= 15 is 0 Å². The smallest absolute Gasteiger partial charge is 0.279 e. The van der Waals surface area contributed by atoms with Crippen molar-refractivity contribution >= 4 is 39.1 Å². The highest BCUT2D eigenvalue weighted by molar-refractivity contribution is 7.16. The number of hydrogen-bond donors (Lipinski definition) is 0. The minimum absolute atomic E-state index is 0.362. The summed E-state index contributed by atoms with van der Waals surface area (Å²) in [6, 6.07) is 9.16. The van der Waals surface area contributed by atoms with Gasteiger partial charge in [0.2, 0.25) is 0 Å². The maximum absolute atomic E-state index is 13.0. The van der Waals surface area contributed by atoms with Crippen LogP contribution in [0.25, 0.3) is 10.2 Å². The number of nitrogens with zero attached hydrogens (tertiary/aromatic N) is 2. The predicted octanol–water partition coefficient (Wildman–Crippen LogP) is 4.56. The average Bonchev–Trinajstić information content (AvgIpc) is 2.85. The Morgan fingerprint density at radius 1 is 1.30 bits per heavy atom. The largest absolute Gasteiger partial charge is 0.316 e. The molecule has 0 unspecified atom stereocenters. The zero-order valence-corrected chi connectivity index (χ0v) is 14.2. The quantitative estimate of drug-likeness (QED) is 0.668. The molecule has 0 atom stereocenters. The van der Waals surface area contributed by atoms with E-state index in [0.717, 1.165) is 15.8 Å². The first-order valence-electron chi connectivity index (χ1n) is 7.13. The monoisotopic (exact) mass is 348 g/mol. The van der Waals surface area contributed by atoms with Gasteiger partial charge in [-0.05, 0) is 55.8 Å². The first-order chi connectivity index (χ1) is 11.0. The highest BCUT2D eigenvalue weighted by Gasteiger charge is 2.11. The van der Waals surface area contributed by atoms with E-state index in [0.29, 0.717) is 21.9 Å². The van der Waals surface area contributed by atoms with Gasteiger partial charge in [-0.2, -0.15) is 4.99 Å². The van der Waals surface area contributed by atoms with Crippen molar-refractivity contribution in [2.24, 2.45) is 4.99 Å². The highest BCUT2D eigenvalue weighted by atomic mass is 35.5. The number of hydrogen-bond acceptors (Lipinski definition) is 2. The number of fused-ring (bicyclic) bond motifs is 1. The van der Waals surface area contributed by atoms with Crippen molar-refractivity contribution in [3.05, 3.63) is 63.2 Å². The fourth-order valence-electron chi connectivity index (χ4n) is 2.50. The third-order valence-corrected chi connectivity index (χ3v) is 4.78. The lowest BCUT2D eigenvalue weighted by Gasteiger charge is -2.04. The van der Waals surface area contributed by atoms with Crippen LogP contribution in [0.15, 0.2) is 41.4 Å². The van der Waals surface area contributed by atoms with E-state index in [4.69, 9.17) is 11.6 Å². The number of rotatable bonds is 2. The molecule has 0 spiro atoms. The lowest BCUT2D eigenvalue weighted by Crippen LogP contribution is -2.16. The van der Waals surface area contributed by atoms with Gasteiger partial charge in [0.1, 0.15) is 5.82 Å². The fourth-order valence-corrected chi connectivity index (χ4v) is 4.05. The first-order valence-corrected chi connectivity index (χ1v) is 8.33. The van der Waals surface area contributed by atoms with Gasteiger partial charge in [0.25, 0.3) is 5.91 Å². The minimum Gasteiger partial charge on any atom is -0.316 e. The number of amides is 1. The van der Waals surface area contributed by atoms with Gasteiger partial charge in [-0.15, -0.1) is 0 Å². The van der Waals surface area contributed by atoms with E-state index in [1.54, 1.807) is 0 Å². The minimum atomic E-state index is -0.387. The van der Waals surface area contributed by atoms with E-state index in [2.05, 4.69) is 4.99 Å². The van der Waals surface area contributed by atoms with Crippen molar-refractivity contribution in [2.75, 3.05) is 0 Å². The first kappa shape index (κ1) is 15.9. The molecule has 0 N–H and O–H groups in total. The van der Waals surface area contributed by atoms with Crippen LogP contribution in [0.3, 0.4) is 0 Å². The molecule has 0 fully saturated rings. The lowest BCUT2D eigenvalue weighted by molar-refractivity contribution is 0.0998. The molecule has 3 nitrogen and oxygen atoms in total. The second-order valence-corrected chi connectivity index (χ2v) is 6.57. The summed E-state index contributed by atoms with van der Waals surface area (Å²) in [6.07, 6.45) is 0. The highest BCUT2D eigenvalue weighted by Crippen LogP contribution is 2.25. The molecular weight excluding hydrogens is 335 g/mol. The molecule has 0 aliphatic rings. The van der Waals surface area contributed by atoms with E-state index in [9.17, 15) is 9.18 Å². The van der Waals surface area contributed by atoms with Gasteiger partial charge in [0.15, 0.2) is 4.80 Å². The number of thiazole rings is 1. The van der Waals surface area contributed by atoms with Crippen molar-refractivity contribution in [1.82, 2.24) is 4.57 Å². The predicted molar refractivity (Wildman–Crippen MR) is 91.5 cm³/mol. The number of carbonyl (C=O) groups excluding carboxylic acids is 1. The van der Waals surface area contributed by atoms with Gasteiger partial charge in [-0.1, -0.05) is 22.9 Å². The second-order valence-electron chi connectivity index (χ2n) is 5.12. The summed E-state index contributed by atoms with van der Waals surface area (Å²) in [5.74, 6) is -0.764. The van der Waals surface area contributed by atoms with Crippen molar-refractivity contribution < 1.29 is 9.18 Å². The Morgan fingerprint density at radius 3 is 2.65 bits per heavy atom. The van der Waals surface area contributed by atoms with Crippen LogP contribution in [0.2, 0.25) is 5.02 Å². The molecule has 0 saturated carbocycles. The van der Waals surface area contributed by atoms with Crippen LogP contribution in [-0.4, -0.2) is 10.5 Å². The molecule has 0 aliphatic carbocycles. The normalized spacial score (nSPS) is 12.1. The Bertz CT molecular complexity index is 957. The van der Waals surface area contributed by atoms with E-state index < -0.39 is 0 Å². The molecule has 0 aliphatic heterocycles. The van der Waals surface area contributed by atoms with Crippen LogP contribution in [0.1, 0.15) is 22.8 Å². The van der Waals surface area contributed by atoms with Crippen LogP contribution in [0.4, 0.5) is 4.39 Å². The number of aryl methyl sites for hydroxylation is 2. The molecule has 0 radical (unpaired) electrons. The Kier molecular flexibility index (Phi) is 4.33. The molecule has 6 heteroatoms. The number of benzene rings is 2. The Morgan fingerprint density at radius 2 is 2.00 bits per heavy atom. The molecule has 3 aromatic rings. The second kappa shape index (κ2) is 6.26. The number of halogens is 2.